The lowest BCUT2D eigenvalue weighted by Crippen LogP contribution is -2.63. The van der Waals surface area contributed by atoms with Crippen molar-refractivity contribution in [1.29, 1.82) is 0 Å². The molecule has 0 bridgehead atoms. The van der Waals surface area contributed by atoms with E-state index >= 15 is 0 Å². The summed E-state index contributed by atoms with van der Waals surface area (Å²) in [6, 6.07) is 4.73. The van der Waals surface area contributed by atoms with Gasteiger partial charge in [0.25, 0.3) is 5.91 Å². The van der Waals surface area contributed by atoms with Crippen molar-refractivity contribution in [2.45, 2.75) is 18.9 Å². The fourth-order valence-corrected chi connectivity index (χ4v) is 2.24. The molecule has 1 aliphatic rings. The Labute approximate surface area is 108 Å². The molecular weight excluding hydrogens is 286 g/mol. The molecule has 0 spiro atoms. The van der Waals surface area contributed by atoms with Crippen LogP contribution >= 0.6 is 15.9 Å². The summed E-state index contributed by atoms with van der Waals surface area (Å²) in [6.07, 6.45) is 0.626. The summed E-state index contributed by atoms with van der Waals surface area (Å²) in [7, 11) is 0. The number of nitrogens with zero attached hydrogens (tertiary/aromatic N) is 1. The summed E-state index contributed by atoms with van der Waals surface area (Å²) in [5.41, 5.74) is -0.491. The van der Waals surface area contributed by atoms with Crippen molar-refractivity contribution >= 4 is 21.8 Å². The highest BCUT2D eigenvalue weighted by molar-refractivity contribution is 9.10. The lowest BCUT2D eigenvalue weighted by molar-refractivity contribution is -0.0827. The normalized spacial score (nSPS) is 17.7. The van der Waals surface area contributed by atoms with Gasteiger partial charge in [0.15, 0.2) is 0 Å². The summed E-state index contributed by atoms with van der Waals surface area (Å²) >= 11 is 3.26. The predicted molar refractivity (Wildman–Crippen MR) is 67.0 cm³/mol. The van der Waals surface area contributed by atoms with Gasteiger partial charge < -0.3 is 15.1 Å². The minimum atomic E-state index is -0.753. The molecule has 4 nitrogen and oxygen atoms in total. The number of rotatable bonds is 2. The van der Waals surface area contributed by atoms with Gasteiger partial charge in [0.1, 0.15) is 5.75 Å². The van der Waals surface area contributed by atoms with Crippen LogP contribution < -0.4 is 0 Å². The Morgan fingerprint density at radius 2 is 2.18 bits per heavy atom. The molecule has 0 radical (unpaired) electrons. The molecule has 17 heavy (non-hydrogen) atoms. The fourth-order valence-electron chi connectivity index (χ4n) is 1.88. The highest BCUT2D eigenvalue weighted by atomic mass is 79.9. The molecule has 1 aromatic carbocycles. The molecular formula is C12H14BrNO3. The van der Waals surface area contributed by atoms with Crippen LogP contribution in [0.2, 0.25) is 0 Å². The number of phenolic OH excluding ortho intramolecular Hbond substituents is 1. The van der Waals surface area contributed by atoms with E-state index in [1.54, 1.807) is 12.1 Å². The number of halogens is 1. The third-order valence-corrected chi connectivity index (χ3v) is 3.60. The number of aromatic hydroxyl groups is 1. The molecule has 1 amide bonds. The van der Waals surface area contributed by atoms with Crippen LogP contribution in [0.25, 0.3) is 0 Å². The molecule has 1 saturated heterocycles. The van der Waals surface area contributed by atoms with Crippen molar-refractivity contribution in [3.05, 3.63) is 28.2 Å². The molecule has 0 aromatic heterocycles. The van der Waals surface area contributed by atoms with E-state index in [9.17, 15) is 15.0 Å². The van der Waals surface area contributed by atoms with Gasteiger partial charge in [-0.1, -0.05) is 22.9 Å². The van der Waals surface area contributed by atoms with Crippen LogP contribution in [-0.4, -0.2) is 39.7 Å². The molecule has 92 valence electrons. The van der Waals surface area contributed by atoms with Crippen LogP contribution in [0.15, 0.2) is 22.7 Å². The monoisotopic (exact) mass is 299 g/mol. The van der Waals surface area contributed by atoms with E-state index in [1.165, 1.54) is 11.0 Å². The molecule has 1 fully saturated rings. The average molecular weight is 300 g/mol. The summed E-state index contributed by atoms with van der Waals surface area (Å²) in [6.45, 7) is 2.54. The van der Waals surface area contributed by atoms with Gasteiger partial charge in [-0.3, -0.25) is 4.79 Å². The summed E-state index contributed by atoms with van der Waals surface area (Å²) in [5, 5.41) is 19.5. The van der Waals surface area contributed by atoms with Gasteiger partial charge in [0.2, 0.25) is 0 Å². The zero-order valence-electron chi connectivity index (χ0n) is 9.48. The minimum absolute atomic E-state index is 0.0369. The number of likely N-dealkylation sites (tertiary alicyclic amines) is 1. The summed E-state index contributed by atoms with van der Waals surface area (Å²) in [4.78, 5) is 13.6. The number of carbonyl (C=O) groups excluding carboxylic acids is 1. The van der Waals surface area contributed by atoms with Gasteiger partial charge in [0, 0.05) is 4.47 Å². The summed E-state index contributed by atoms with van der Waals surface area (Å²) in [5.74, 6) is -0.285. The van der Waals surface area contributed by atoms with Gasteiger partial charge in [-0.25, -0.2) is 0 Å². The number of hydrogen-bond donors (Lipinski definition) is 2. The largest absolute Gasteiger partial charge is 0.507 e. The minimum Gasteiger partial charge on any atom is -0.507 e. The number of hydrogen-bond acceptors (Lipinski definition) is 3. The van der Waals surface area contributed by atoms with Crippen LogP contribution in [0.4, 0.5) is 0 Å². The first-order valence-electron chi connectivity index (χ1n) is 5.45. The van der Waals surface area contributed by atoms with E-state index in [2.05, 4.69) is 15.9 Å². The molecule has 0 unspecified atom stereocenters. The zero-order valence-corrected chi connectivity index (χ0v) is 11.1. The first-order chi connectivity index (χ1) is 7.95. The highest BCUT2D eigenvalue weighted by Crippen LogP contribution is 2.29. The van der Waals surface area contributed by atoms with Crippen LogP contribution in [0, 0.1) is 0 Å². The lowest BCUT2D eigenvalue weighted by Gasteiger charge is -2.46. The molecule has 1 aliphatic heterocycles. The zero-order chi connectivity index (χ0) is 12.6. The Balaban J connectivity index is 2.14. The number of β-amino-alcohol motifs (C(OH)–C–C–N with tert-alkyl or cyclic N) is 1. The topological polar surface area (TPSA) is 60.8 Å². The van der Waals surface area contributed by atoms with Crippen LogP contribution in [0.5, 0.6) is 5.75 Å². The van der Waals surface area contributed by atoms with Gasteiger partial charge in [0.05, 0.1) is 24.3 Å². The molecule has 0 saturated carbocycles. The molecule has 2 N–H and O–H groups in total. The smallest absolute Gasteiger partial charge is 0.257 e. The van der Waals surface area contributed by atoms with Gasteiger partial charge in [-0.2, -0.15) is 0 Å². The van der Waals surface area contributed by atoms with E-state index in [0.717, 1.165) is 4.47 Å². The van der Waals surface area contributed by atoms with E-state index in [4.69, 9.17) is 0 Å². The predicted octanol–water partition coefficient (Wildman–Crippen LogP) is 1.75. The third-order valence-electron chi connectivity index (χ3n) is 3.10. The Hall–Kier alpha value is -1.07. The van der Waals surface area contributed by atoms with Gasteiger partial charge in [-0.05, 0) is 24.6 Å². The van der Waals surface area contributed by atoms with E-state index in [0.29, 0.717) is 19.5 Å². The summed E-state index contributed by atoms with van der Waals surface area (Å²) < 4.78 is 0.741. The van der Waals surface area contributed by atoms with Gasteiger partial charge in [-0.15, -0.1) is 0 Å². The van der Waals surface area contributed by atoms with E-state index in [1.807, 2.05) is 6.92 Å². The van der Waals surface area contributed by atoms with Crippen molar-refractivity contribution in [3.63, 3.8) is 0 Å². The van der Waals surface area contributed by atoms with Crippen LogP contribution in [0.1, 0.15) is 23.7 Å². The van der Waals surface area contributed by atoms with Crippen molar-refractivity contribution in [1.82, 2.24) is 4.90 Å². The number of carbonyl (C=O) groups is 1. The Morgan fingerprint density at radius 3 is 2.76 bits per heavy atom. The Kier molecular flexibility index (Phi) is 3.14. The van der Waals surface area contributed by atoms with Crippen LogP contribution in [0.3, 0.4) is 0 Å². The molecule has 0 aliphatic carbocycles. The molecule has 0 atom stereocenters. The first kappa shape index (κ1) is 12.4. The second kappa shape index (κ2) is 4.31. The Bertz CT molecular complexity index is 455. The number of aliphatic hydroxyl groups is 1. The van der Waals surface area contributed by atoms with Crippen molar-refractivity contribution in [2.75, 3.05) is 13.1 Å². The van der Waals surface area contributed by atoms with Gasteiger partial charge >= 0.3 is 0 Å². The van der Waals surface area contributed by atoms with Crippen molar-refractivity contribution < 1.29 is 15.0 Å². The number of phenols is 1. The first-order valence-corrected chi connectivity index (χ1v) is 6.25. The van der Waals surface area contributed by atoms with E-state index in [-0.39, 0.29) is 17.2 Å². The second-order valence-corrected chi connectivity index (χ2v) is 5.32. The van der Waals surface area contributed by atoms with Crippen molar-refractivity contribution in [3.8, 4) is 5.75 Å². The standard InChI is InChI=1S/C12H14BrNO3/c1-2-12(17)6-14(7-12)11(16)9-5-8(13)3-4-10(9)15/h3-5,15,17H,2,6-7H2,1H3. The molecule has 5 heteroatoms. The quantitative estimate of drug-likeness (QED) is 0.875. The SMILES string of the molecule is CCC1(O)CN(C(=O)c2cc(Br)ccc2O)C1. The van der Waals surface area contributed by atoms with Crippen molar-refractivity contribution in [2.24, 2.45) is 0 Å². The molecule has 2 rings (SSSR count). The second-order valence-electron chi connectivity index (χ2n) is 4.40. The van der Waals surface area contributed by atoms with E-state index < -0.39 is 5.60 Å². The fraction of sp³-hybridized carbons (Fsp3) is 0.417. The average Bonchev–Trinajstić information content (AvgIpc) is 2.27. The lowest BCUT2D eigenvalue weighted by atomic mass is 9.90. The Morgan fingerprint density at radius 1 is 1.53 bits per heavy atom. The molecule has 1 aromatic rings. The van der Waals surface area contributed by atoms with Crippen LogP contribution in [-0.2, 0) is 0 Å². The maximum absolute atomic E-state index is 12.0. The number of benzene rings is 1. The number of amides is 1. The third kappa shape index (κ3) is 2.30. The highest BCUT2D eigenvalue weighted by Gasteiger charge is 2.42. The maximum Gasteiger partial charge on any atom is 0.257 e. The molecule has 1 heterocycles. The maximum atomic E-state index is 12.0.